The third-order valence-corrected chi connectivity index (χ3v) is 11.4. The highest BCUT2D eigenvalue weighted by Crippen LogP contribution is 2.46. The summed E-state index contributed by atoms with van der Waals surface area (Å²) in [4.78, 5) is 20.3. The van der Waals surface area contributed by atoms with Crippen molar-refractivity contribution in [2.24, 2.45) is 0 Å². The van der Waals surface area contributed by atoms with E-state index < -0.39 is 11.7 Å². The molecule has 63 heavy (non-hydrogen) atoms. The summed E-state index contributed by atoms with van der Waals surface area (Å²) in [5.41, 5.74) is 7.54. The van der Waals surface area contributed by atoms with Gasteiger partial charge in [0, 0.05) is 44.2 Å². The molecule has 7 aromatic carbocycles. The van der Waals surface area contributed by atoms with Crippen molar-refractivity contribution < 1.29 is 13.2 Å². The molecule has 0 bridgehead atoms. The van der Waals surface area contributed by atoms with Crippen LogP contribution < -0.4 is 0 Å². The standard InChI is InChI=1S/C55H40F3N5/c1-54(2,3)39-28-29-42-41-26-16-17-27-49(41)63(50(42)32-39)51-43(47-33-45(35-18-8-4-9-19-35)59-52(61-47)37-22-12-6-13-23-37)30-40(55(56,57)58)31-44(51)48-34-46(36-20-10-5-11-21-36)60-53(62-48)38-24-14-7-15-25-38/h4-34H,1-3H3. The first-order chi connectivity index (χ1) is 30.5. The molecule has 0 fully saturated rings. The van der Waals surface area contributed by atoms with Crippen LogP contribution in [-0.2, 0) is 11.6 Å². The van der Waals surface area contributed by atoms with Crippen LogP contribution in [0.3, 0.4) is 0 Å². The predicted molar refractivity (Wildman–Crippen MR) is 248 cm³/mol. The summed E-state index contributed by atoms with van der Waals surface area (Å²) in [6, 6.07) is 58.8. The molecule has 0 saturated heterocycles. The van der Waals surface area contributed by atoms with Crippen LogP contribution in [0.5, 0.6) is 0 Å². The summed E-state index contributed by atoms with van der Waals surface area (Å²) in [6.07, 6.45) is -4.74. The van der Waals surface area contributed by atoms with Crippen LogP contribution >= 0.6 is 0 Å². The Morgan fingerprint density at radius 3 is 1.25 bits per heavy atom. The molecule has 0 N–H and O–H groups in total. The zero-order valence-electron chi connectivity index (χ0n) is 34.8. The molecule has 0 atom stereocenters. The van der Waals surface area contributed by atoms with Gasteiger partial charge < -0.3 is 4.57 Å². The second kappa shape index (κ2) is 15.6. The first kappa shape index (κ1) is 39.4. The first-order valence-electron chi connectivity index (χ1n) is 20.8. The monoisotopic (exact) mass is 827 g/mol. The highest BCUT2D eigenvalue weighted by atomic mass is 19.4. The minimum absolute atomic E-state index is 0.231. The van der Waals surface area contributed by atoms with Crippen LogP contribution in [0.4, 0.5) is 13.2 Å². The Labute approximate surface area is 363 Å². The van der Waals surface area contributed by atoms with Gasteiger partial charge in [0.05, 0.1) is 45.1 Å². The van der Waals surface area contributed by atoms with Crippen molar-refractivity contribution in [3.63, 3.8) is 0 Å². The van der Waals surface area contributed by atoms with E-state index >= 15 is 13.2 Å². The smallest absolute Gasteiger partial charge is 0.308 e. The molecule has 0 spiro atoms. The van der Waals surface area contributed by atoms with Crippen LogP contribution in [0.1, 0.15) is 31.9 Å². The van der Waals surface area contributed by atoms with E-state index in [1.54, 1.807) is 12.1 Å². The Kier molecular flexibility index (Phi) is 9.79. The van der Waals surface area contributed by atoms with Gasteiger partial charge in [0.1, 0.15) is 0 Å². The summed E-state index contributed by atoms with van der Waals surface area (Å²) in [5.74, 6) is 0.766. The van der Waals surface area contributed by atoms with Gasteiger partial charge in [0.25, 0.3) is 0 Å². The average molecular weight is 828 g/mol. The molecule has 0 aliphatic rings. The lowest BCUT2D eigenvalue weighted by atomic mass is 9.86. The molecule has 5 nitrogen and oxygen atoms in total. The minimum atomic E-state index is -4.74. The van der Waals surface area contributed by atoms with Crippen molar-refractivity contribution >= 4 is 21.8 Å². The fraction of sp³-hybridized carbons (Fsp3) is 0.0909. The molecule has 306 valence electrons. The zero-order chi connectivity index (χ0) is 43.3. The van der Waals surface area contributed by atoms with E-state index in [2.05, 4.69) is 49.6 Å². The average Bonchev–Trinajstić information content (AvgIpc) is 3.65. The molecule has 0 amide bonds. The maximum absolute atomic E-state index is 15.6. The van der Waals surface area contributed by atoms with Gasteiger partial charge in [0.15, 0.2) is 11.6 Å². The van der Waals surface area contributed by atoms with Crippen LogP contribution in [-0.4, -0.2) is 24.5 Å². The quantitative estimate of drug-likeness (QED) is 0.161. The summed E-state index contributed by atoms with van der Waals surface area (Å²) >= 11 is 0. The molecule has 3 aromatic heterocycles. The highest BCUT2D eigenvalue weighted by Gasteiger charge is 2.35. The van der Waals surface area contributed by atoms with Crippen molar-refractivity contribution in [3.05, 3.63) is 199 Å². The number of aromatic nitrogens is 5. The van der Waals surface area contributed by atoms with Gasteiger partial charge in [-0.15, -0.1) is 0 Å². The lowest BCUT2D eigenvalue weighted by Crippen LogP contribution is -2.12. The molecule has 0 radical (unpaired) electrons. The number of hydrogen-bond acceptors (Lipinski definition) is 4. The molecule has 8 heteroatoms. The largest absolute Gasteiger partial charge is 0.416 e. The van der Waals surface area contributed by atoms with Gasteiger partial charge in [-0.1, -0.05) is 172 Å². The Balaban J connectivity index is 1.40. The van der Waals surface area contributed by atoms with E-state index in [4.69, 9.17) is 19.9 Å². The number of rotatable bonds is 7. The van der Waals surface area contributed by atoms with Crippen LogP contribution in [0.25, 0.3) is 95.3 Å². The van der Waals surface area contributed by atoms with Crippen molar-refractivity contribution in [1.29, 1.82) is 0 Å². The first-order valence-corrected chi connectivity index (χ1v) is 20.8. The lowest BCUT2D eigenvalue weighted by Gasteiger charge is -2.23. The Hall–Kier alpha value is -7.71. The lowest BCUT2D eigenvalue weighted by molar-refractivity contribution is -0.137. The maximum atomic E-state index is 15.6. The Bertz CT molecular complexity index is 3020. The topological polar surface area (TPSA) is 56.5 Å². The number of hydrogen-bond donors (Lipinski definition) is 0. The molecular weight excluding hydrogens is 788 g/mol. The number of para-hydroxylation sites is 1. The van der Waals surface area contributed by atoms with Gasteiger partial charge in [-0.3, -0.25) is 0 Å². The van der Waals surface area contributed by atoms with E-state index in [1.807, 2.05) is 140 Å². The van der Waals surface area contributed by atoms with Gasteiger partial charge in [-0.25, -0.2) is 19.9 Å². The van der Waals surface area contributed by atoms with Crippen molar-refractivity contribution in [3.8, 4) is 73.5 Å². The molecule has 0 saturated carbocycles. The molecule has 0 aliphatic heterocycles. The van der Waals surface area contributed by atoms with Crippen LogP contribution in [0, 0.1) is 0 Å². The number of benzene rings is 7. The van der Waals surface area contributed by atoms with E-state index in [9.17, 15) is 0 Å². The maximum Gasteiger partial charge on any atom is 0.416 e. The summed E-state index contributed by atoms with van der Waals surface area (Å²) < 4.78 is 49.0. The third kappa shape index (κ3) is 7.54. The molecule has 3 heterocycles. The number of halogens is 3. The number of fused-ring (bicyclic) bond motifs is 3. The zero-order valence-corrected chi connectivity index (χ0v) is 34.8. The molecule has 10 rings (SSSR count). The van der Waals surface area contributed by atoms with E-state index in [1.165, 1.54) is 12.1 Å². The van der Waals surface area contributed by atoms with Crippen LogP contribution in [0.15, 0.2) is 188 Å². The van der Waals surface area contributed by atoms with Crippen molar-refractivity contribution in [1.82, 2.24) is 24.5 Å². The summed E-state index contributed by atoms with van der Waals surface area (Å²) in [7, 11) is 0. The molecular formula is C55H40F3N5. The minimum Gasteiger partial charge on any atom is -0.308 e. The number of alkyl halides is 3. The van der Waals surface area contributed by atoms with Crippen LogP contribution in [0.2, 0.25) is 0 Å². The van der Waals surface area contributed by atoms with Gasteiger partial charge in [-0.2, -0.15) is 13.2 Å². The Morgan fingerprint density at radius 2 is 0.794 bits per heavy atom. The second-order valence-electron chi connectivity index (χ2n) is 16.6. The molecule has 0 unspecified atom stereocenters. The summed E-state index contributed by atoms with van der Waals surface area (Å²) in [5, 5.41) is 1.92. The molecule has 10 aromatic rings. The van der Waals surface area contributed by atoms with Crippen molar-refractivity contribution in [2.45, 2.75) is 32.4 Å². The van der Waals surface area contributed by atoms with Crippen molar-refractivity contribution in [2.75, 3.05) is 0 Å². The SMILES string of the molecule is CC(C)(C)c1ccc2c3ccccc3n(-c3c(-c4cc(-c5ccccc5)nc(-c5ccccc5)n4)cc(C(F)(F)F)cc3-c3cc(-c4ccccc4)nc(-c4ccccc4)n3)c2c1. The molecule has 0 aliphatic carbocycles. The van der Waals surface area contributed by atoms with Gasteiger partial charge in [-0.05, 0) is 47.4 Å². The predicted octanol–water partition coefficient (Wildman–Crippen LogP) is 14.7. The van der Waals surface area contributed by atoms with Gasteiger partial charge in [0.2, 0.25) is 0 Å². The fourth-order valence-corrected chi connectivity index (χ4v) is 8.22. The number of nitrogens with zero attached hydrogens (tertiary/aromatic N) is 5. The highest BCUT2D eigenvalue weighted by molar-refractivity contribution is 6.11. The second-order valence-corrected chi connectivity index (χ2v) is 16.6. The fourth-order valence-electron chi connectivity index (χ4n) is 8.22. The van der Waals surface area contributed by atoms with E-state index in [-0.39, 0.29) is 16.5 Å². The van der Waals surface area contributed by atoms with E-state index in [0.717, 1.165) is 49.6 Å². The summed E-state index contributed by atoms with van der Waals surface area (Å²) in [6.45, 7) is 6.47. The Morgan fingerprint density at radius 1 is 0.381 bits per heavy atom. The third-order valence-electron chi connectivity index (χ3n) is 11.4. The van der Waals surface area contributed by atoms with Gasteiger partial charge >= 0.3 is 6.18 Å². The normalized spacial score (nSPS) is 12.0. The van der Waals surface area contributed by atoms with E-state index in [0.29, 0.717) is 40.1 Å².